The maximum Gasteiger partial charge on any atom is 0.246 e. The Kier molecular flexibility index (Phi) is 3.37. The molecular weight excluding hydrogens is 228 g/mol. The van der Waals surface area contributed by atoms with Gasteiger partial charge < -0.3 is 0 Å². The van der Waals surface area contributed by atoms with Gasteiger partial charge in [-0.05, 0) is 24.6 Å². The van der Waals surface area contributed by atoms with E-state index in [1.165, 1.54) is 0 Å². The summed E-state index contributed by atoms with van der Waals surface area (Å²) in [6, 6.07) is 9.55. The number of aromatic nitrogens is 1. The zero-order chi connectivity index (χ0) is 13.1. The molecule has 0 aliphatic rings. The molecule has 0 fully saturated rings. The number of allylic oxidation sites excluding steroid dienone is 1. The third-order valence-corrected chi connectivity index (χ3v) is 2.80. The van der Waals surface area contributed by atoms with E-state index in [1.54, 1.807) is 13.0 Å². The Balaban J connectivity index is 2.67. The highest BCUT2D eigenvalue weighted by molar-refractivity contribution is 5.88. The van der Waals surface area contributed by atoms with Gasteiger partial charge in [-0.1, -0.05) is 25.1 Å². The van der Waals surface area contributed by atoms with Gasteiger partial charge in [0.25, 0.3) is 0 Å². The van der Waals surface area contributed by atoms with E-state index in [-0.39, 0.29) is 10.6 Å². The first-order valence-corrected chi connectivity index (χ1v) is 5.83. The fraction of sp³-hybridized carbons (Fsp3) is 0.214. The lowest BCUT2D eigenvalue weighted by molar-refractivity contribution is -0.425. The van der Waals surface area contributed by atoms with Gasteiger partial charge in [0.2, 0.25) is 5.70 Å². The van der Waals surface area contributed by atoms with Crippen LogP contribution in [0.2, 0.25) is 0 Å². The normalized spacial score (nSPS) is 11.8. The zero-order valence-electron chi connectivity index (χ0n) is 10.4. The van der Waals surface area contributed by atoms with Gasteiger partial charge >= 0.3 is 0 Å². The first kappa shape index (κ1) is 12.2. The van der Waals surface area contributed by atoms with Gasteiger partial charge in [0, 0.05) is 23.6 Å². The summed E-state index contributed by atoms with van der Waals surface area (Å²) in [5.74, 6) is 0. The average Bonchev–Trinajstić information content (AvgIpc) is 2.35. The molecular formula is C14H14N2O2. The molecule has 1 aromatic heterocycles. The van der Waals surface area contributed by atoms with Crippen molar-refractivity contribution >= 4 is 17.0 Å². The number of nitrogens with zero attached hydrogens (tertiary/aromatic N) is 2. The van der Waals surface area contributed by atoms with Crippen LogP contribution >= 0.6 is 0 Å². The first-order valence-electron chi connectivity index (χ1n) is 5.83. The summed E-state index contributed by atoms with van der Waals surface area (Å²) < 4.78 is 0. The smallest absolute Gasteiger partial charge is 0.246 e. The lowest BCUT2D eigenvalue weighted by Gasteiger charge is -2.04. The van der Waals surface area contributed by atoms with Gasteiger partial charge in [0.05, 0.1) is 10.4 Å². The Bertz CT molecular complexity index is 633. The largest absolute Gasteiger partial charge is 0.259 e. The van der Waals surface area contributed by atoms with Crippen LogP contribution in [0.3, 0.4) is 0 Å². The quantitative estimate of drug-likeness (QED) is 0.610. The Labute approximate surface area is 105 Å². The van der Waals surface area contributed by atoms with E-state index in [2.05, 4.69) is 4.98 Å². The highest BCUT2D eigenvalue weighted by atomic mass is 16.6. The SMILES string of the molecule is CCC(=Cc1cc(C)nc2ccccc12)[N+](=O)[O-]. The Morgan fingerprint density at radius 1 is 1.44 bits per heavy atom. The maximum atomic E-state index is 10.9. The monoisotopic (exact) mass is 242 g/mol. The van der Waals surface area contributed by atoms with Crippen molar-refractivity contribution in [1.29, 1.82) is 0 Å². The van der Waals surface area contributed by atoms with Crippen molar-refractivity contribution in [3.8, 4) is 0 Å². The molecule has 92 valence electrons. The van der Waals surface area contributed by atoms with Crippen LogP contribution in [0.1, 0.15) is 24.6 Å². The topological polar surface area (TPSA) is 56.0 Å². The zero-order valence-corrected chi connectivity index (χ0v) is 10.4. The second kappa shape index (κ2) is 4.96. The summed E-state index contributed by atoms with van der Waals surface area (Å²) in [4.78, 5) is 15.0. The number of nitro groups is 1. The van der Waals surface area contributed by atoms with Gasteiger partial charge in [0.15, 0.2) is 0 Å². The summed E-state index contributed by atoms with van der Waals surface area (Å²) >= 11 is 0. The number of rotatable bonds is 3. The van der Waals surface area contributed by atoms with Crippen LogP contribution in [0, 0.1) is 17.0 Å². The fourth-order valence-corrected chi connectivity index (χ4v) is 1.92. The molecule has 0 saturated carbocycles. The third-order valence-electron chi connectivity index (χ3n) is 2.80. The lowest BCUT2D eigenvalue weighted by atomic mass is 10.1. The number of benzene rings is 1. The molecule has 2 aromatic rings. The van der Waals surface area contributed by atoms with E-state index >= 15 is 0 Å². The van der Waals surface area contributed by atoms with E-state index in [4.69, 9.17) is 0 Å². The van der Waals surface area contributed by atoms with Gasteiger partial charge in [-0.15, -0.1) is 0 Å². The number of para-hydroxylation sites is 1. The molecule has 2 rings (SSSR count). The minimum absolute atomic E-state index is 0.214. The molecule has 4 nitrogen and oxygen atoms in total. The molecule has 0 bridgehead atoms. The van der Waals surface area contributed by atoms with Crippen molar-refractivity contribution < 1.29 is 4.92 Å². The molecule has 1 aromatic carbocycles. The summed E-state index contributed by atoms with van der Waals surface area (Å²) in [6.07, 6.45) is 2.04. The van der Waals surface area contributed by atoms with E-state index in [0.29, 0.717) is 6.42 Å². The van der Waals surface area contributed by atoms with Crippen molar-refractivity contribution in [1.82, 2.24) is 4.98 Å². The predicted octanol–water partition coefficient (Wildman–Crippen LogP) is 3.57. The molecule has 1 heterocycles. The summed E-state index contributed by atoms with van der Waals surface area (Å²) in [6.45, 7) is 3.67. The number of fused-ring (bicyclic) bond motifs is 1. The molecule has 0 spiro atoms. The van der Waals surface area contributed by atoms with E-state index < -0.39 is 0 Å². The van der Waals surface area contributed by atoms with Crippen molar-refractivity contribution in [3.05, 3.63) is 57.4 Å². The van der Waals surface area contributed by atoms with Crippen LogP contribution in [0.15, 0.2) is 36.0 Å². The van der Waals surface area contributed by atoms with Gasteiger partial charge in [-0.2, -0.15) is 0 Å². The van der Waals surface area contributed by atoms with Crippen LogP contribution in [0.25, 0.3) is 17.0 Å². The van der Waals surface area contributed by atoms with E-state index in [0.717, 1.165) is 22.2 Å². The van der Waals surface area contributed by atoms with Crippen molar-refractivity contribution in [2.75, 3.05) is 0 Å². The predicted molar refractivity (Wildman–Crippen MR) is 71.7 cm³/mol. The summed E-state index contributed by atoms with van der Waals surface area (Å²) in [5, 5.41) is 11.8. The van der Waals surface area contributed by atoms with Crippen molar-refractivity contribution in [2.24, 2.45) is 0 Å². The average molecular weight is 242 g/mol. The highest BCUT2D eigenvalue weighted by Crippen LogP contribution is 2.21. The molecule has 0 radical (unpaired) electrons. The van der Waals surface area contributed by atoms with Gasteiger partial charge in [-0.25, -0.2) is 0 Å². The molecule has 0 N–H and O–H groups in total. The molecule has 0 aliphatic carbocycles. The van der Waals surface area contributed by atoms with Gasteiger partial charge in [-0.3, -0.25) is 15.1 Å². The summed E-state index contributed by atoms with van der Waals surface area (Å²) in [5.41, 5.74) is 2.79. The summed E-state index contributed by atoms with van der Waals surface area (Å²) in [7, 11) is 0. The van der Waals surface area contributed by atoms with Crippen LogP contribution in [-0.4, -0.2) is 9.91 Å². The molecule has 18 heavy (non-hydrogen) atoms. The molecule has 0 aliphatic heterocycles. The second-order valence-electron chi connectivity index (χ2n) is 4.12. The third kappa shape index (κ3) is 2.37. The molecule has 0 atom stereocenters. The van der Waals surface area contributed by atoms with E-state index in [9.17, 15) is 10.1 Å². The van der Waals surface area contributed by atoms with E-state index in [1.807, 2.05) is 37.3 Å². The van der Waals surface area contributed by atoms with Crippen LogP contribution in [-0.2, 0) is 0 Å². The van der Waals surface area contributed by atoms with Gasteiger partial charge in [0.1, 0.15) is 0 Å². The number of pyridine rings is 1. The first-order chi connectivity index (χ1) is 8.61. The van der Waals surface area contributed by atoms with Crippen LogP contribution in [0.5, 0.6) is 0 Å². The van der Waals surface area contributed by atoms with Crippen LogP contribution < -0.4 is 0 Å². The highest BCUT2D eigenvalue weighted by Gasteiger charge is 2.09. The number of hydrogen-bond donors (Lipinski definition) is 0. The standard InChI is InChI=1S/C14H14N2O2/c1-3-12(16(17)18)9-11-8-10(2)15-14-7-5-4-6-13(11)14/h4-9H,3H2,1-2H3. The minimum Gasteiger partial charge on any atom is -0.259 e. The number of hydrogen-bond acceptors (Lipinski definition) is 3. The van der Waals surface area contributed by atoms with Crippen LogP contribution in [0.4, 0.5) is 0 Å². The molecule has 0 unspecified atom stereocenters. The maximum absolute atomic E-state index is 10.9. The Hall–Kier alpha value is -2.23. The lowest BCUT2D eigenvalue weighted by Crippen LogP contribution is -1.97. The van der Waals surface area contributed by atoms with Crippen molar-refractivity contribution in [3.63, 3.8) is 0 Å². The molecule has 4 heteroatoms. The number of aryl methyl sites for hydroxylation is 1. The molecule has 0 saturated heterocycles. The molecule has 0 amide bonds. The fourth-order valence-electron chi connectivity index (χ4n) is 1.92. The Morgan fingerprint density at radius 3 is 2.83 bits per heavy atom. The van der Waals surface area contributed by atoms with Crippen molar-refractivity contribution in [2.45, 2.75) is 20.3 Å². The second-order valence-corrected chi connectivity index (χ2v) is 4.12. The minimum atomic E-state index is -0.329. The Morgan fingerprint density at radius 2 is 2.17 bits per heavy atom.